The number of benzene rings is 1. The highest BCUT2D eigenvalue weighted by Gasteiger charge is 2.35. The second-order valence-corrected chi connectivity index (χ2v) is 6.06. The van der Waals surface area contributed by atoms with Gasteiger partial charge in [-0.1, -0.05) is 31.5 Å². The van der Waals surface area contributed by atoms with Gasteiger partial charge in [0.05, 0.1) is 0 Å². The van der Waals surface area contributed by atoms with Crippen LogP contribution in [0.15, 0.2) is 24.3 Å². The highest BCUT2D eigenvalue weighted by molar-refractivity contribution is 5.96. The van der Waals surface area contributed by atoms with E-state index in [-0.39, 0.29) is 17.9 Å². The van der Waals surface area contributed by atoms with E-state index in [2.05, 4.69) is 19.1 Å². The molecule has 1 aliphatic carbocycles. The van der Waals surface area contributed by atoms with E-state index in [1.54, 1.807) is 0 Å². The molecule has 102 valence electrons. The van der Waals surface area contributed by atoms with Gasteiger partial charge in [0, 0.05) is 24.2 Å². The van der Waals surface area contributed by atoms with Crippen molar-refractivity contribution in [3.63, 3.8) is 0 Å². The second kappa shape index (κ2) is 4.97. The molecule has 0 spiro atoms. The van der Waals surface area contributed by atoms with Crippen molar-refractivity contribution in [2.45, 2.75) is 38.6 Å². The smallest absolute Gasteiger partial charge is 0.230 e. The van der Waals surface area contributed by atoms with Crippen LogP contribution in [0, 0.1) is 11.8 Å². The van der Waals surface area contributed by atoms with Gasteiger partial charge in [0.2, 0.25) is 5.91 Å². The van der Waals surface area contributed by atoms with Crippen LogP contribution in [0.2, 0.25) is 0 Å². The van der Waals surface area contributed by atoms with Crippen molar-refractivity contribution < 1.29 is 4.79 Å². The number of anilines is 1. The van der Waals surface area contributed by atoms with Gasteiger partial charge < -0.3 is 10.6 Å². The molecule has 1 saturated carbocycles. The SMILES string of the molecule is CC1CCCC1C(=O)N1CC(N)Cc2ccccc21. The number of fused-ring (bicyclic) bond motifs is 1. The van der Waals surface area contributed by atoms with E-state index >= 15 is 0 Å². The van der Waals surface area contributed by atoms with Crippen molar-refractivity contribution in [2.24, 2.45) is 17.6 Å². The van der Waals surface area contributed by atoms with Crippen LogP contribution in [0.3, 0.4) is 0 Å². The van der Waals surface area contributed by atoms with Crippen LogP contribution in [0.1, 0.15) is 31.7 Å². The van der Waals surface area contributed by atoms with E-state index in [9.17, 15) is 4.79 Å². The van der Waals surface area contributed by atoms with Gasteiger partial charge in [-0.3, -0.25) is 4.79 Å². The lowest BCUT2D eigenvalue weighted by molar-refractivity contribution is -0.123. The fourth-order valence-electron chi connectivity index (χ4n) is 3.55. The molecule has 1 fully saturated rings. The number of carbonyl (C=O) groups is 1. The summed E-state index contributed by atoms with van der Waals surface area (Å²) in [7, 11) is 0. The molecule has 3 heteroatoms. The van der Waals surface area contributed by atoms with Gasteiger partial charge >= 0.3 is 0 Å². The van der Waals surface area contributed by atoms with Crippen molar-refractivity contribution in [3.8, 4) is 0 Å². The molecule has 0 radical (unpaired) electrons. The Bertz CT molecular complexity index is 485. The molecule has 3 rings (SSSR count). The molecule has 2 N–H and O–H groups in total. The third kappa shape index (κ3) is 2.27. The van der Waals surface area contributed by atoms with Gasteiger partial charge in [-0.05, 0) is 36.8 Å². The summed E-state index contributed by atoms with van der Waals surface area (Å²) in [6.45, 7) is 2.87. The Balaban J connectivity index is 1.90. The van der Waals surface area contributed by atoms with Crippen LogP contribution in [0.25, 0.3) is 0 Å². The number of amides is 1. The van der Waals surface area contributed by atoms with Crippen molar-refractivity contribution in [3.05, 3.63) is 29.8 Å². The molecule has 1 aromatic rings. The van der Waals surface area contributed by atoms with Crippen LogP contribution in [0.4, 0.5) is 5.69 Å². The molecule has 1 aliphatic heterocycles. The third-order valence-corrected chi connectivity index (χ3v) is 4.63. The van der Waals surface area contributed by atoms with Crippen molar-refractivity contribution in [1.82, 2.24) is 0 Å². The van der Waals surface area contributed by atoms with E-state index in [1.165, 1.54) is 18.4 Å². The van der Waals surface area contributed by atoms with Crippen LogP contribution >= 0.6 is 0 Å². The van der Waals surface area contributed by atoms with Gasteiger partial charge in [-0.25, -0.2) is 0 Å². The molecule has 0 aromatic heterocycles. The molecule has 19 heavy (non-hydrogen) atoms. The van der Waals surface area contributed by atoms with E-state index in [0.29, 0.717) is 12.5 Å². The van der Waals surface area contributed by atoms with E-state index in [0.717, 1.165) is 18.5 Å². The Labute approximate surface area is 114 Å². The zero-order chi connectivity index (χ0) is 13.4. The summed E-state index contributed by atoms with van der Waals surface area (Å²) in [4.78, 5) is 14.7. The number of nitrogens with two attached hydrogens (primary N) is 1. The lowest BCUT2D eigenvalue weighted by Gasteiger charge is -2.35. The van der Waals surface area contributed by atoms with Crippen LogP contribution < -0.4 is 10.6 Å². The summed E-state index contributed by atoms with van der Waals surface area (Å²) in [6.07, 6.45) is 4.27. The van der Waals surface area contributed by atoms with Gasteiger partial charge in [-0.15, -0.1) is 0 Å². The fraction of sp³-hybridized carbons (Fsp3) is 0.562. The maximum Gasteiger partial charge on any atom is 0.230 e. The predicted molar refractivity (Wildman–Crippen MR) is 77.0 cm³/mol. The fourth-order valence-corrected chi connectivity index (χ4v) is 3.55. The average molecular weight is 258 g/mol. The first-order valence-electron chi connectivity index (χ1n) is 7.31. The monoisotopic (exact) mass is 258 g/mol. The lowest BCUT2D eigenvalue weighted by atomic mass is 9.93. The molecule has 3 atom stereocenters. The first kappa shape index (κ1) is 12.7. The number of hydrogen-bond donors (Lipinski definition) is 1. The molecule has 3 nitrogen and oxygen atoms in total. The minimum Gasteiger partial charge on any atom is -0.326 e. The largest absolute Gasteiger partial charge is 0.326 e. The number of hydrogen-bond acceptors (Lipinski definition) is 2. The minimum absolute atomic E-state index is 0.0653. The summed E-state index contributed by atoms with van der Waals surface area (Å²) in [5.74, 6) is 0.990. The molecule has 0 bridgehead atoms. The normalized spacial score (nSPS) is 30.2. The standard InChI is InChI=1S/C16H22N2O/c1-11-5-4-7-14(11)16(19)18-10-13(17)9-12-6-2-3-8-15(12)18/h2-3,6,8,11,13-14H,4-5,7,9-10,17H2,1H3. The summed E-state index contributed by atoms with van der Waals surface area (Å²) in [5.41, 5.74) is 8.40. The Morgan fingerprint density at radius 1 is 1.32 bits per heavy atom. The Morgan fingerprint density at radius 2 is 2.11 bits per heavy atom. The summed E-state index contributed by atoms with van der Waals surface area (Å²) < 4.78 is 0. The van der Waals surface area contributed by atoms with Gasteiger partial charge in [0.25, 0.3) is 0 Å². The maximum absolute atomic E-state index is 12.8. The van der Waals surface area contributed by atoms with E-state index in [4.69, 9.17) is 5.73 Å². The minimum atomic E-state index is 0.0653. The predicted octanol–water partition coefficient (Wildman–Crippen LogP) is 2.34. The maximum atomic E-state index is 12.8. The van der Waals surface area contributed by atoms with E-state index in [1.807, 2.05) is 17.0 Å². The van der Waals surface area contributed by atoms with Crippen LogP contribution in [-0.2, 0) is 11.2 Å². The molecule has 3 unspecified atom stereocenters. The molecule has 0 saturated heterocycles. The summed E-state index contributed by atoms with van der Waals surface area (Å²) >= 11 is 0. The first-order chi connectivity index (χ1) is 9.16. The van der Waals surface area contributed by atoms with Gasteiger partial charge in [-0.2, -0.15) is 0 Å². The average Bonchev–Trinajstić information content (AvgIpc) is 2.83. The Morgan fingerprint density at radius 3 is 2.84 bits per heavy atom. The van der Waals surface area contributed by atoms with Crippen LogP contribution in [-0.4, -0.2) is 18.5 Å². The summed E-state index contributed by atoms with van der Waals surface area (Å²) in [6, 6.07) is 8.24. The molecule has 2 aliphatic rings. The molecular formula is C16H22N2O. The summed E-state index contributed by atoms with van der Waals surface area (Å²) in [5, 5.41) is 0. The highest BCUT2D eigenvalue weighted by Crippen LogP contribution is 2.35. The number of rotatable bonds is 1. The number of carbonyl (C=O) groups excluding carboxylic acids is 1. The quantitative estimate of drug-likeness (QED) is 0.840. The number of para-hydroxylation sites is 1. The number of nitrogens with zero attached hydrogens (tertiary/aromatic N) is 1. The van der Waals surface area contributed by atoms with E-state index < -0.39 is 0 Å². The first-order valence-corrected chi connectivity index (χ1v) is 7.31. The molecule has 1 heterocycles. The lowest BCUT2D eigenvalue weighted by Crippen LogP contribution is -2.48. The third-order valence-electron chi connectivity index (χ3n) is 4.63. The van der Waals surface area contributed by atoms with Gasteiger partial charge in [0.1, 0.15) is 0 Å². The van der Waals surface area contributed by atoms with Crippen molar-refractivity contribution >= 4 is 11.6 Å². The second-order valence-electron chi connectivity index (χ2n) is 6.06. The Hall–Kier alpha value is -1.35. The van der Waals surface area contributed by atoms with Crippen molar-refractivity contribution in [1.29, 1.82) is 0 Å². The molecule has 1 amide bonds. The van der Waals surface area contributed by atoms with Crippen LogP contribution in [0.5, 0.6) is 0 Å². The highest BCUT2D eigenvalue weighted by atomic mass is 16.2. The zero-order valence-corrected chi connectivity index (χ0v) is 11.5. The van der Waals surface area contributed by atoms with Crippen molar-refractivity contribution in [2.75, 3.05) is 11.4 Å². The topological polar surface area (TPSA) is 46.3 Å². The van der Waals surface area contributed by atoms with Gasteiger partial charge in [0.15, 0.2) is 0 Å². The molecular weight excluding hydrogens is 236 g/mol. The molecule has 1 aromatic carbocycles. The Kier molecular flexibility index (Phi) is 3.31. The zero-order valence-electron chi connectivity index (χ0n) is 11.5.